The van der Waals surface area contributed by atoms with E-state index in [0.29, 0.717) is 5.71 Å². The number of nitrogens with zero attached hydrogens (tertiary/aromatic N) is 1. The molecule has 2 N–H and O–H groups in total. The molecule has 4 nitrogen and oxygen atoms in total. The number of carbonyl (C=O) groups is 1. The largest absolute Gasteiger partial charge is 0.481 e. The van der Waals surface area contributed by atoms with Crippen LogP contribution in [0.1, 0.15) is 13.8 Å². The Labute approximate surface area is 74.6 Å². The highest BCUT2D eigenvalue weighted by atomic mass is 32.2. The number of thioether (sulfide) groups is 1. The van der Waals surface area contributed by atoms with E-state index in [1.54, 1.807) is 0 Å². The smallest absolute Gasteiger partial charge is 0.313 e. The van der Waals surface area contributed by atoms with Gasteiger partial charge in [0.1, 0.15) is 5.92 Å². The van der Waals surface area contributed by atoms with Crippen LogP contribution in [0.25, 0.3) is 0 Å². The summed E-state index contributed by atoms with van der Waals surface area (Å²) in [4.78, 5) is 10.7. The van der Waals surface area contributed by atoms with Crippen molar-refractivity contribution in [3.05, 3.63) is 0 Å². The van der Waals surface area contributed by atoms with Crippen LogP contribution in [-0.2, 0) is 4.79 Å². The van der Waals surface area contributed by atoms with Gasteiger partial charge in [-0.2, -0.15) is 0 Å². The van der Waals surface area contributed by atoms with Gasteiger partial charge in [-0.25, -0.2) is 0 Å². The number of oxime groups is 1. The lowest BCUT2D eigenvalue weighted by atomic mass is 9.99. The van der Waals surface area contributed by atoms with Gasteiger partial charge in [-0.3, -0.25) is 4.79 Å². The maximum absolute atomic E-state index is 10.7. The van der Waals surface area contributed by atoms with Gasteiger partial charge < -0.3 is 10.3 Å². The SMILES string of the molecule is CC1SC(C)C(C(=O)O)/C1=N/O. The van der Waals surface area contributed by atoms with Crippen molar-refractivity contribution >= 4 is 23.4 Å². The maximum atomic E-state index is 10.7. The third-order valence-electron chi connectivity index (χ3n) is 2.00. The van der Waals surface area contributed by atoms with Crippen LogP contribution in [0.4, 0.5) is 0 Å². The molecule has 1 rings (SSSR count). The van der Waals surface area contributed by atoms with E-state index in [4.69, 9.17) is 10.3 Å². The van der Waals surface area contributed by atoms with Crippen LogP contribution >= 0.6 is 11.8 Å². The minimum atomic E-state index is -0.910. The molecule has 0 aromatic heterocycles. The number of aliphatic carboxylic acids is 1. The second-order valence-electron chi connectivity index (χ2n) is 2.82. The van der Waals surface area contributed by atoms with Crippen LogP contribution in [0, 0.1) is 5.92 Å². The molecule has 1 heterocycles. The van der Waals surface area contributed by atoms with E-state index >= 15 is 0 Å². The second-order valence-corrected chi connectivity index (χ2v) is 4.55. The summed E-state index contributed by atoms with van der Waals surface area (Å²) >= 11 is 1.52. The van der Waals surface area contributed by atoms with Crippen molar-refractivity contribution in [2.45, 2.75) is 24.3 Å². The Kier molecular flexibility index (Phi) is 2.62. The lowest BCUT2D eigenvalue weighted by Gasteiger charge is -2.07. The Bertz CT molecular complexity index is 229. The third-order valence-corrected chi connectivity index (χ3v) is 3.36. The summed E-state index contributed by atoms with van der Waals surface area (Å²) < 4.78 is 0. The minimum Gasteiger partial charge on any atom is -0.481 e. The summed E-state index contributed by atoms with van der Waals surface area (Å²) in [6.07, 6.45) is 0. The molecule has 0 amide bonds. The first-order chi connectivity index (χ1) is 5.57. The molecule has 0 aromatic rings. The van der Waals surface area contributed by atoms with Gasteiger partial charge in [0.2, 0.25) is 0 Å². The van der Waals surface area contributed by atoms with Crippen molar-refractivity contribution in [3.63, 3.8) is 0 Å². The van der Waals surface area contributed by atoms with Crippen LogP contribution in [0.5, 0.6) is 0 Å². The Balaban J connectivity index is 2.90. The quantitative estimate of drug-likeness (QED) is 0.477. The summed E-state index contributed by atoms with van der Waals surface area (Å²) in [5.74, 6) is -1.54. The zero-order valence-corrected chi connectivity index (χ0v) is 7.71. The van der Waals surface area contributed by atoms with E-state index < -0.39 is 11.9 Å². The monoisotopic (exact) mass is 189 g/mol. The molecule has 0 aliphatic carbocycles. The van der Waals surface area contributed by atoms with Crippen LogP contribution in [0.15, 0.2) is 5.16 Å². The van der Waals surface area contributed by atoms with Crippen LogP contribution in [0.3, 0.4) is 0 Å². The fourth-order valence-electron chi connectivity index (χ4n) is 1.43. The number of carboxylic acids is 1. The van der Waals surface area contributed by atoms with Crippen molar-refractivity contribution in [2.75, 3.05) is 0 Å². The predicted molar refractivity (Wildman–Crippen MR) is 46.9 cm³/mol. The van der Waals surface area contributed by atoms with Crippen molar-refractivity contribution in [1.82, 2.24) is 0 Å². The highest BCUT2D eigenvalue weighted by Gasteiger charge is 2.41. The summed E-state index contributed by atoms with van der Waals surface area (Å²) in [5.41, 5.74) is 0.375. The number of hydrogen-bond acceptors (Lipinski definition) is 4. The predicted octanol–water partition coefficient (Wildman–Crippen LogP) is 1.04. The average Bonchev–Trinajstić information content (AvgIpc) is 2.24. The van der Waals surface area contributed by atoms with Gasteiger partial charge in [0, 0.05) is 10.5 Å². The third kappa shape index (κ3) is 1.41. The normalized spacial score (nSPS) is 38.8. The van der Waals surface area contributed by atoms with Gasteiger partial charge in [-0.05, 0) is 6.92 Å². The first kappa shape index (κ1) is 9.38. The summed E-state index contributed by atoms with van der Waals surface area (Å²) in [7, 11) is 0. The molecule has 0 spiro atoms. The number of rotatable bonds is 1. The Morgan fingerprint density at radius 2 is 2.17 bits per heavy atom. The van der Waals surface area contributed by atoms with E-state index in [2.05, 4.69) is 5.16 Å². The molecule has 0 bridgehead atoms. The zero-order valence-electron chi connectivity index (χ0n) is 6.89. The molecule has 1 fully saturated rings. The number of carboxylic acid groups (broad SMARTS) is 1. The van der Waals surface area contributed by atoms with E-state index in [9.17, 15) is 4.79 Å². The van der Waals surface area contributed by atoms with Crippen molar-refractivity contribution in [3.8, 4) is 0 Å². The fraction of sp³-hybridized carbons (Fsp3) is 0.714. The standard InChI is InChI=1S/C7H11NO3S/c1-3-5(7(9)10)6(8-11)4(2)12-3/h3-5,11H,1-2H3,(H,9,10)/b8-6+. The van der Waals surface area contributed by atoms with Gasteiger partial charge in [-0.15, -0.1) is 11.8 Å². The van der Waals surface area contributed by atoms with Crippen LogP contribution in [0.2, 0.25) is 0 Å². The molecule has 1 aliphatic heterocycles. The highest BCUT2D eigenvalue weighted by molar-refractivity contribution is 8.01. The topological polar surface area (TPSA) is 69.9 Å². The maximum Gasteiger partial charge on any atom is 0.313 e. The second kappa shape index (κ2) is 3.35. The molecule has 3 unspecified atom stereocenters. The van der Waals surface area contributed by atoms with Gasteiger partial charge >= 0.3 is 5.97 Å². The summed E-state index contributed by atoms with van der Waals surface area (Å²) in [6, 6.07) is 0. The molecule has 12 heavy (non-hydrogen) atoms. The van der Waals surface area contributed by atoms with Crippen LogP contribution in [-0.4, -0.2) is 32.5 Å². The molecule has 1 saturated heterocycles. The Morgan fingerprint density at radius 1 is 1.58 bits per heavy atom. The Hall–Kier alpha value is -0.710. The molecule has 3 atom stereocenters. The molecule has 0 aromatic carbocycles. The summed E-state index contributed by atoms with van der Waals surface area (Å²) in [6.45, 7) is 3.68. The van der Waals surface area contributed by atoms with E-state index in [-0.39, 0.29) is 10.5 Å². The molecule has 68 valence electrons. The molecular weight excluding hydrogens is 178 g/mol. The van der Waals surface area contributed by atoms with Gasteiger partial charge in [0.25, 0.3) is 0 Å². The lowest BCUT2D eigenvalue weighted by Crippen LogP contribution is -2.28. The molecular formula is C7H11NO3S. The van der Waals surface area contributed by atoms with Gasteiger partial charge in [0.15, 0.2) is 0 Å². The summed E-state index contributed by atoms with van der Waals surface area (Å²) in [5, 5.41) is 20.4. The van der Waals surface area contributed by atoms with Gasteiger partial charge in [-0.1, -0.05) is 12.1 Å². The van der Waals surface area contributed by atoms with E-state index in [1.807, 2.05) is 13.8 Å². The van der Waals surface area contributed by atoms with Crippen LogP contribution < -0.4 is 0 Å². The van der Waals surface area contributed by atoms with Crippen molar-refractivity contribution < 1.29 is 15.1 Å². The zero-order chi connectivity index (χ0) is 9.30. The molecule has 5 heteroatoms. The van der Waals surface area contributed by atoms with Crippen molar-refractivity contribution in [2.24, 2.45) is 11.1 Å². The highest BCUT2D eigenvalue weighted by Crippen LogP contribution is 2.35. The van der Waals surface area contributed by atoms with Gasteiger partial charge in [0.05, 0.1) is 5.71 Å². The van der Waals surface area contributed by atoms with Crippen molar-refractivity contribution in [1.29, 1.82) is 0 Å². The first-order valence-corrected chi connectivity index (χ1v) is 4.62. The van der Waals surface area contributed by atoms with E-state index in [1.165, 1.54) is 11.8 Å². The molecule has 0 radical (unpaired) electrons. The first-order valence-electron chi connectivity index (χ1n) is 3.68. The molecule has 1 aliphatic rings. The number of hydrogen-bond donors (Lipinski definition) is 2. The fourth-order valence-corrected chi connectivity index (χ4v) is 2.82. The minimum absolute atomic E-state index is 0.00565. The average molecular weight is 189 g/mol. The van der Waals surface area contributed by atoms with E-state index in [0.717, 1.165) is 0 Å². The lowest BCUT2D eigenvalue weighted by molar-refractivity contribution is -0.139. The molecule has 0 saturated carbocycles. The Morgan fingerprint density at radius 3 is 2.50 bits per heavy atom.